The summed E-state index contributed by atoms with van der Waals surface area (Å²) in [5.41, 5.74) is 1.04. The fourth-order valence-electron chi connectivity index (χ4n) is 3.46. The van der Waals surface area contributed by atoms with Gasteiger partial charge >= 0.3 is 6.18 Å². The highest BCUT2D eigenvalue weighted by Gasteiger charge is 2.47. The van der Waals surface area contributed by atoms with Crippen LogP contribution in [0, 0.1) is 11.8 Å². The van der Waals surface area contributed by atoms with Gasteiger partial charge in [-0.15, -0.1) is 0 Å². The van der Waals surface area contributed by atoms with Crippen LogP contribution < -0.4 is 5.32 Å². The molecular formula is C16H23F3N2. The van der Waals surface area contributed by atoms with E-state index in [4.69, 9.17) is 0 Å². The van der Waals surface area contributed by atoms with E-state index in [2.05, 4.69) is 10.3 Å². The van der Waals surface area contributed by atoms with Gasteiger partial charge in [-0.25, -0.2) is 0 Å². The predicted octanol–water partition coefficient (Wildman–Crippen LogP) is 3.97. The van der Waals surface area contributed by atoms with Crippen molar-refractivity contribution < 1.29 is 13.2 Å². The van der Waals surface area contributed by atoms with Crippen molar-refractivity contribution in [1.29, 1.82) is 0 Å². The van der Waals surface area contributed by atoms with Crippen molar-refractivity contribution in [3.05, 3.63) is 30.1 Å². The molecule has 1 aliphatic carbocycles. The molecule has 0 bridgehead atoms. The van der Waals surface area contributed by atoms with Gasteiger partial charge in [-0.3, -0.25) is 4.98 Å². The summed E-state index contributed by atoms with van der Waals surface area (Å²) < 4.78 is 39.9. The van der Waals surface area contributed by atoms with Crippen LogP contribution in [-0.4, -0.2) is 23.7 Å². The Morgan fingerprint density at radius 3 is 2.52 bits per heavy atom. The normalized spacial score (nSPS) is 24.8. The summed E-state index contributed by atoms with van der Waals surface area (Å²) in [7, 11) is 0. The second-order valence-corrected chi connectivity index (χ2v) is 5.82. The molecule has 1 heterocycles. The van der Waals surface area contributed by atoms with Gasteiger partial charge in [-0.1, -0.05) is 19.8 Å². The highest BCUT2D eigenvalue weighted by molar-refractivity contribution is 5.12. The lowest BCUT2D eigenvalue weighted by Gasteiger charge is -2.38. The van der Waals surface area contributed by atoms with Gasteiger partial charge in [0.2, 0.25) is 0 Å². The Morgan fingerprint density at radius 2 is 1.90 bits per heavy atom. The van der Waals surface area contributed by atoms with Crippen LogP contribution in [0.5, 0.6) is 0 Å². The first-order valence-electron chi connectivity index (χ1n) is 7.71. The van der Waals surface area contributed by atoms with Crippen molar-refractivity contribution in [2.24, 2.45) is 11.8 Å². The Kier molecular flexibility index (Phi) is 5.62. The van der Waals surface area contributed by atoms with Gasteiger partial charge in [0.05, 0.1) is 5.92 Å². The van der Waals surface area contributed by atoms with Gasteiger partial charge in [0, 0.05) is 18.4 Å². The monoisotopic (exact) mass is 300 g/mol. The maximum absolute atomic E-state index is 13.3. The van der Waals surface area contributed by atoms with Gasteiger partial charge in [0.1, 0.15) is 0 Å². The Morgan fingerprint density at radius 1 is 1.24 bits per heavy atom. The molecule has 3 unspecified atom stereocenters. The van der Waals surface area contributed by atoms with Crippen molar-refractivity contribution in [1.82, 2.24) is 10.3 Å². The minimum absolute atomic E-state index is 0.121. The highest BCUT2D eigenvalue weighted by Crippen LogP contribution is 2.43. The molecule has 1 aromatic heterocycles. The van der Waals surface area contributed by atoms with Gasteiger partial charge in [-0.05, 0) is 49.4 Å². The van der Waals surface area contributed by atoms with Crippen molar-refractivity contribution in [3.8, 4) is 0 Å². The number of hydrogen-bond donors (Lipinski definition) is 1. The second kappa shape index (κ2) is 7.25. The Balaban J connectivity index is 2.15. The average Bonchev–Trinajstić information content (AvgIpc) is 2.47. The van der Waals surface area contributed by atoms with E-state index in [-0.39, 0.29) is 18.4 Å². The van der Waals surface area contributed by atoms with Crippen LogP contribution in [0.4, 0.5) is 13.2 Å². The van der Waals surface area contributed by atoms with E-state index in [0.717, 1.165) is 12.0 Å². The summed E-state index contributed by atoms with van der Waals surface area (Å²) in [6.45, 7) is 2.64. The lowest BCUT2D eigenvalue weighted by molar-refractivity contribution is -0.199. The number of hydrogen-bond acceptors (Lipinski definition) is 2. The molecule has 2 rings (SSSR count). The summed E-state index contributed by atoms with van der Waals surface area (Å²) in [6.07, 6.45) is 2.45. The summed E-state index contributed by atoms with van der Waals surface area (Å²) >= 11 is 0. The molecule has 1 aromatic rings. The smallest absolute Gasteiger partial charge is 0.314 e. The number of rotatable bonds is 5. The maximum atomic E-state index is 13.3. The van der Waals surface area contributed by atoms with Gasteiger partial charge in [-0.2, -0.15) is 13.2 Å². The van der Waals surface area contributed by atoms with Crippen LogP contribution in [0.3, 0.4) is 0 Å². The van der Waals surface area contributed by atoms with E-state index in [1.807, 2.05) is 19.1 Å². The first kappa shape index (κ1) is 16.3. The number of nitrogens with one attached hydrogen (secondary N) is 1. The molecule has 0 radical (unpaired) electrons. The first-order valence-corrected chi connectivity index (χ1v) is 7.71. The minimum Gasteiger partial charge on any atom is -0.314 e. The standard InChI is InChI=1S/C16H23F3N2/c1-2-21-15(11-12-7-9-20-10-8-12)13-5-3-4-6-14(13)16(17,18)19/h7-10,13-15,21H,2-6,11H2,1H3. The molecule has 1 aliphatic rings. The van der Waals surface area contributed by atoms with Crippen LogP contribution in [0.2, 0.25) is 0 Å². The molecule has 5 heteroatoms. The van der Waals surface area contributed by atoms with Crippen LogP contribution in [-0.2, 0) is 6.42 Å². The molecule has 0 saturated heterocycles. The predicted molar refractivity (Wildman–Crippen MR) is 76.9 cm³/mol. The molecule has 21 heavy (non-hydrogen) atoms. The molecule has 1 N–H and O–H groups in total. The molecule has 118 valence electrons. The third-order valence-corrected chi connectivity index (χ3v) is 4.43. The molecule has 0 aromatic carbocycles. The van der Waals surface area contributed by atoms with E-state index >= 15 is 0 Å². The zero-order chi connectivity index (χ0) is 15.3. The largest absolute Gasteiger partial charge is 0.392 e. The van der Waals surface area contributed by atoms with E-state index in [1.165, 1.54) is 0 Å². The third kappa shape index (κ3) is 4.43. The lowest BCUT2D eigenvalue weighted by Crippen LogP contribution is -2.46. The van der Waals surface area contributed by atoms with E-state index in [0.29, 0.717) is 25.8 Å². The Labute approximate surface area is 124 Å². The maximum Gasteiger partial charge on any atom is 0.392 e. The number of pyridine rings is 1. The molecular weight excluding hydrogens is 277 g/mol. The zero-order valence-electron chi connectivity index (χ0n) is 12.4. The third-order valence-electron chi connectivity index (χ3n) is 4.43. The van der Waals surface area contributed by atoms with Gasteiger partial charge < -0.3 is 5.32 Å². The highest BCUT2D eigenvalue weighted by atomic mass is 19.4. The quantitative estimate of drug-likeness (QED) is 0.890. The fourth-order valence-corrected chi connectivity index (χ4v) is 3.46. The summed E-state index contributed by atoms with van der Waals surface area (Å²) in [4.78, 5) is 3.96. The van der Waals surface area contributed by atoms with Crippen molar-refractivity contribution in [3.63, 3.8) is 0 Å². The van der Waals surface area contributed by atoms with Crippen LogP contribution in [0.1, 0.15) is 38.2 Å². The molecule has 3 atom stereocenters. The molecule has 0 aliphatic heterocycles. The number of nitrogens with zero attached hydrogens (tertiary/aromatic N) is 1. The number of likely N-dealkylation sites (N-methyl/N-ethyl adjacent to an activating group) is 1. The first-order chi connectivity index (χ1) is 10.0. The number of aromatic nitrogens is 1. The van der Waals surface area contributed by atoms with Crippen molar-refractivity contribution in [2.45, 2.75) is 51.2 Å². The number of halogens is 3. The summed E-state index contributed by atoms with van der Waals surface area (Å²) in [6, 6.07) is 3.65. The second-order valence-electron chi connectivity index (χ2n) is 5.82. The van der Waals surface area contributed by atoms with E-state index in [1.54, 1.807) is 12.4 Å². The lowest BCUT2D eigenvalue weighted by atomic mass is 9.73. The summed E-state index contributed by atoms with van der Waals surface area (Å²) in [5, 5.41) is 3.28. The minimum atomic E-state index is -4.09. The molecule has 0 amide bonds. The van der Waals surface area contributed by atoms with Crippen molar-refractivity contribution in [2.75, 3.05) is 6.54 Å². The average molecular weight is 300 g/mol. The Bertz CT molecular complexity index is 419. The molecule has 1 fully saturated rings. The topological polar surface area (TPSA) is 24.9 Å². The molecule has 0 spiro atoms. The molecule has 1 saturated carbocycles. The van der Waals surface area contributed by atoms with Crippen LogP contribution in [0.25, 0.3) is 0 Å². The van der Waals surface area contributed by atoms with Gasteiger partial charge in [0.25, 0.3) is 0 Å². The number of alkyl halides is 3. The molecule has 2 nitrogen and oxygen atoms in total. The van der Waals surface area contributed by atoms with E-state index < -0.39 is 12.1 Å². The Hall–Kier alpha value is -1.10. The van der Waals surface area contributed by atoms with Gasteiger partial charge in [0.15, 0.2) is 0 Å². The van der Waals surface area contributed by atoms with E-state index in [9.17, 15) is 13.2 Å². The SMILES string of the molecule is CCNC(Cc1ccncc1)C1CCCCC1C(F)(F)F. The van der Waals surface area contributed by atoms with Crippen molar-refractivity contribution >= 4 is 0 Å². The fraction of sp³-hybridized carbons (Fsp3) is 0.688. The van der Waals surface area contributed by atoms with Crippen LogP contribution >= 0.6 is 0 Å². The zero-order valence-corrected chi connectivity index (χ0v) is 12.4. The van der Waals surface area contributed by atoms with Crippen LogP contribution in [0.15, 0.2) is 24.5 Å². The summed E-state index contributed by atoms with van der Waals surface area (Å²) in [5.74, 6) is -1.50.